The lowest BCUT2D eigenvalue weighted by Gasteiger charge is -2.03. The van der Waals surface area contributed by atoms with Crippen LogP contribution < -0.4 is 0 Å². The Labute approximate surface area is 79.7 Å². The molecule has 0 radical (unpaired) electrons. The summed E-state index contributed by atoms with van der Waals surface area (Å²) < 4.78 is 26.2. The highest BCUT2D eigenvalue weighted by Gasteiger charge is 2.20. The summed E-state index contributed by atoms with van der Waals surface area (Å²) in [6.07, 6.45) is -1.82. The first kappa shape index (κ1) is 10.4. The maximum absolute atomic E-state index is 12.5. The minimum Gasteiger partial charge on any atom is -0.243 e. The molecule has 0 fully saturated rings. The van der Waals surface area contributed by atoms with Gasteiger partial charge in [-0.2, -0.15) is 0 Å². The molecule has 0 unspecified atom stereocenters. The van der Waals surface area contributed by atoms with Crippen LogP contribution in [0.1, 0.15) is 31.2 Å². The second kappa shape index (κ2) is 4.50. The third-order valence-electron chi connectivity index (χ3n) is 1.62. The lowest BCUT2D eigenvalue weighted by Crippen LogP contribution is -2.05. The second-order valence-electron chi connectivity index (χ2n) is 2.58. The first-order valence-electron chi connectivity index (χ1n) is 3.97. The summed E-state index contributed by atoms with van der Waals surface area (Å²) >= 11 is 5.44. The van der Waals surface area contributed by atoms with Gasteiger partial charge in [-0.25, -0.2) is 13.5 Å². The zero-order chi connectivity index (χ0) is 9.84. The van der Waals surface area contributed by atoms with Crippen LogP contribution in [0.3, 0.4) is 0 Å². The number of aryl methyl sites for hydroxylation is 1. The molecule has 3 nitrogen and oxygen atoms in total. The van der Waals surface area contributed by atoms with Crippen LogP contribution >= 0.6 is 11.6 Å². The first-order valence-corrected chi connectivity index (χ1v) is 4.50. The molecule has 1 aromatic heterocycles. The lowest BCUT2D eigenvalue weighted by atomic mass is 10.3. The van der Waals surface area contributed by atoms with Crippen LogP contribution in [0.15, 0.2) is 0 Å². The normalized spacial score (nSPS) is 11.2. The molecule has 0 saturated carbocycles. The number of nitrogens with zero attached hydrogens (tertiary/aromatic N) is 3. The maximum atomic E-state index is 12.5. The molecule has 6 heteroatoms. The topological polar surface area (TPSA) is 30.7 Å². The molecule has 1 rings (SSSR count). The van der Waals surface area contributed by atoms with Crippen molar-refractivity contribution in [2.75, 3.05) is 0 Å². The van der Waals surface area contributed by atoms with E-state index in [1.54, 1.807) is 0 Å². The zero-order valence-electron chi connectivity index (χ0n) is 7.17. The van der Waals surface area contributed by atoms with Gasteiger partial charge in [0.15, 0.2) is 0 Å². The van der Waals surface area contributed by atoms with Crippen molar-refractivity contribution in [2.45, 2.75) is 32.2 Å². The van der Waals surface area contributed by atoms with Gasteiger partial charge in [0.1, 0.15) is 11.4 Å². The molecule has 0 aliphatic carbocycles. The third-order valence-corrected chi connectivity index (χ3v) is 1.87. The summed E-state index contributed by atoms with van der Waals surface area (Å²) in [4.78, 5) is 0. The average molecular weight is 210 g/mol. The zero-order valence-corrected chi connectivity index (χ0v) is 7.93. The van der Waals surface area contributed by atoms with Gasteiger partial charge in [0.05, 0.1) is 5.88 Å². The van der Waals surface area contributed by atoms with Gasteiger partial charge < -0.3 is 0 Å². The van der Waals surface area contributed by atoms with Gasteiger partial charge in [0, 0.05) is 6.54 Å². The van der Waals surface area contributed by atoms with E-state index < -0.39 is 6.43 Å². The van der Waals surface area contributed by atoms with Crippen molar-refractivity contribution in [3.05, 3.63) is 11.4 Å². The molecule has 1 aromatic rings. The lowest BCUT2D eigenvalue weighted by molar-refractivity contribution is 0.138. The fourth-order valence-electron chi connectivity index (χ4n) is 1.07. The van der Waals surface area contributed by atoms with Gasteiger partial charge in [0.25, 0.3) is 6.43 Å². The van der Waals surface area contributed by atoms with E-state index in [2.05, 4.69) is 10.3 Å². The van der Waals surface area contributed by atoms with Crippen LogP contribution in [0.2, 0.25) is 0 Å². The second-order valence-corrected chi connectivity index (χ2v) is 2.85. The van der Waals surface area contributed by atoms with E-state index in [1.165, 1.54) is 4.68 Å². The summed E-state index contributed by atoms with van der Waals surface area (Å²) in [5, 5.41) is 7.18. The molecule has 0 bridgehead atoms. The van der Waals surface area contributed by atoms with Crippen LogP contribution in [0, 0.1) is 0 Å². The molecule has 0 aliphatic heterocycles. The first-order chi connectivity index (χ1) is 6.20. The summed E-state index contributed by atoms with van der Waals surface area (Å²) in [6.45, 7) is 2.33. The largest absolute Gasteiger partial charge is 0.281 e. The monoisotopic (exact) mass is 209 g/mol. The summed E-state index contributed by atoms with van der Waals surface area (Å²) in [6, 6.07) is 0. The molecule has 0 spiro atoms. The molecule has 0 saturated heterocycles. The fraction of sp³-hybridized carbons (Fsp3) is 0.714. The Hall–Kier alpha value is -0.710. The van der Waals surface area contributed by atoms with Crippen molar-refractivity contribution in [3.63, 3.8) is 0 Å². The van der Waals surface area contributed by atoms with Crippen molar-refractivity contribution in [3.8, 4) is 0 Å². The van der Waals surface area contributed by atoms with Crippen molar-refractivity contribution >= 4 is 11.6 Å². The summed E-state index contributed by atoms with van der Waals surface area (Å²) in [5.74, 6) is -0.0244. The minimum absolute atomic E-state index is 0.0244. The standard InChI is InChI=1S/C7H10ClF2N3/c1-2-3-13-6(7(9)10)5(4-8)11-12-13/h7H,2-4H2,1H3. The molecule has 74 valence electrons. The highest BCUT2D eigenvalue weighted by Crippen LogP contribution is 2.22. The molecule has 0 atom stereocenters. The maximum Gasteiger partial charge on any atom is 0.281 e. The van der Waals surface area contributed by atoms with E-state index >= 15 is 0 Å². The number of alkyl halides is 3. The van der Waals surface area contributed by atoms with Gasteiger partial charge in [-0.05, 0) is 6.42 Å². The Balaban J connectivity index is 2.99. The number of halogens is 3. The number of hydrogen-bond donors (Lipinski definition) is 0. The van der Waals surface area contributed by atoms with E-state index in [4.69, 9.17) is 11.6 Å². The Kier molecular flexibility index (Phi) is 3.59. The van der Waals surface area contributed by atoms with E-state index in [-0.39, 0.29) is 17.3 Å². The van der Waals surface area contributed by atoms with Gasteiger partial charge in [-0.15, -0.1) is 16.7 Å². The quantitative estimate of drug-likeness (QED) is 0.713. The smallest absolute Gasteiger partial charge is 0.243 e. The highest BCUT2D eigenvalue weighted by atomic mass is 35.5. The minimum atomic E-state index is -2.56. The van der Waals surface area contributed by atoms with Crippen LogP contribution in [0.5, 0.6) is 0 Å². The van der Waals surface area contributed by atoms with Gasteiger partial charge >= 0.3 is 0 Å². The SMILES string of the molecule is CCCn1nnc(CCl)c1C(F)F. The van der Waals surface area contributed by atoms with Crippen molar-refractivity contribution in [1.29, 1.82) is 0 Å². The summed E-state index contributed by atoms with van der Waals surface area (Å²) in [5.41, 5.74) is 0.0157. The molecular formula is C7H10ClF2N3. The van der Waals surface area contributed by atoms with Crippen molar-refractivity contribution in [2.24, 2.45) is 0 Å². The molecule has 0 aliphatic rings. The van der Waals surface area contributed by atoms with Crippen molar-refractivity contribution in [1.82, 2.24) is 15.0 Å². The van der Waals surface area contributed by atoms with Crippen LogP contribution in [-0.4, -0.2) is 15.0 Å². The predicted molar refractivity (Wildman–Crippen MR) is 44.8 cm³/mol. The van der Waals surface area contributed by atoms with Crippen LogP contribution in [0.4, 0.5) is 8.78 Å². The number of rotatable bonds is 4. The van der Waals surface area contributed by atoms with Crippen molar-refractivity contribution < 1.29 is 8.78 Å². The van der Waals surface area contributed by atoms with Gasteiger partial charge in [-0.1, -0.05) is 12.1 Å². The van der Waals surface area contributed by atoms with E-state index in [0.717, 1.165) is 6.42 Å². The predicted octanol–water partition coefficient (Wildman–Crippen LogP) is 2.36. The third kappa shape index (κ3) is 2.15. The Morgan fingerprint density at radius 1 is 1.54 bits per heavy atom. The van der Waals surface area contributed by atoms with E-state index in [0.29, 0.717) is 6.54 Å². The van der Waals surface area contributed by atoms with Gasteiger partial charge in [-0.3, -0.25) is 0 Å². The fourth-order valence-corrected chi connectivity index (χ4v) is 1.26. The highest BCUT2D eigenvalue weighted by molar-refractivity contribution is 6.16. The molecule has 1 heterocycles. The van der Waals surface area contributed by atoms with Crippen LogP contribution in [-0.2, 0) is 12.4 Å². The van der Waals surface area contributed by atoms with Crippen LogP contribution in [0.25, 0.3) is 0 Å². The summed E-state index contributed by atoms with van der Waals surface area (Å²) in [7, 11) is 0. The number of aromatic nitrogens is 3. The van der Waals surface area contributed by atoms with Gasteiger partial charge in [0.2, 0.25) is 0 Å². The Bertz CT molecular complexity index is 275. The van der Waals surface area contributed by atoms with E-state index in [9.17, 15) is 8.78 Å². The number of hydrogen-bond acceptors (Lipinski definition) is 2. The Morgan fingerprint density at radius 2 is 2.23 bits per heavy atom. The molecule has 0 amide bonds. The molecular weight excluding hydrogens is 200 g/mol. The Morgan fingerprint density at radius 3 is 2.69 bits per heavy atom. The molecule has 13 heavy (non-hydrogen) atoms. The average Bonchev–Trinajstić information content (AvgIpc) is 2.48. The molecule has 0 N–H and O–H groups in total. The molecule has 0 aromatic carbocycles. The van der Waals surface area contributed by atoms with E-state index in [1.807, 2.05) is 6.92 Å².